The van der Waals surface area contributed by atoms with Gasteiger partial charge in [-0.1, -0.05) is 17.7 Å². The molecule has 0 heterocycles. The molecule has 0 spiro atoms. The molecule has 1 amide bonds. The Kier molecular flexibility index (Phi) is 4.26. The van der Waals surface area contributed by atoms with E-state index < -0.39 is 18.1 Å². The predicted octanol–water partition coefficient (Wildman–Crippen LogP) is 0.882. The van der Waals surface area contributed by atoms with Crippen molar-refractivity contribution in [3.05, 3.63) is 34.4 Å². The van der Waals surface area contributed by atoms with Crippen molar-refractivity contribution >= 4 is 5.91 Å². The molecule has 17 heavy (non-hydrogen) atoms. The van der Waals surface area contributed by atoms with Crippen molar-refractivity contribution in [2.24, 2.45) is 5.73 Å². The minimum absolute atomic E-state index is 0.242. The van der Waals surface area contributed by atoms with Crippen molar-refractivity contribution < 1.29 is 15.0 Å². The zero-order chi connectivity index (χ0) is 13.2. The van der Waals surface area contributed by atoms with Crippen molar-refractivity contribution in [2.45, 2.75) is 39.4 Å². The fourth-order valence-electron chi connectivity index (χ4n) is 2.17. The monoisotopic (exact) mass is 237 g/mol. The van der Waals surface area contributed by atoms with Crippen LogP contribution in [0.1, 0.15) is 34.8 Å². The van der Waals surface area contributed by atoms with Gasteiger partial charge in [0.25, 0.3) is 0 Å². The van der Waals surface area contributed by atoms with Crippen LogP contribution in [0.2, 0.25) is 0 Å². The molecule has 0 aliphatic carbocycles. The summed E-state index contributed by atoms with van der Waals surface area (Å²) < 4.78 is 0. The maximum absolute atomic E-state index is 10.7. The number of aliphatic hydroxyl groups is 2. The summed E-state index contributed by atoms with van der Waals surface area (Å²) in [6.45, 7) is 5.71. The standard InChI is InChI=1S/C13H19NO3/c1-7-4-8(2)12(9(3)5-7)13(17)10(15)6-11(14)16/h4-5,10,13,15,17H,6H2,1-3H3,(H2,14,16). The fourth-order valence-corrected chi connectivity index (χ4v) is 2.17. The molecule has 0 saturated carbocycles. The van der Waals surface area contributed by atoms with E-state index >= 15 is 0 Å². The predicted molar refractivity (Wildman–Crippen MR) is 65.4 cm³/mol. The molecule has 1 rings (SSSR count). The van der Waals surface area contributed by atoms with E-state index in [-0.39, 0.29) is 6.42 Å². The first-order valence-electron chi connectivity index (χ1n) is 5.55. The minimum Gasteiger partial charge on any atom is -0.390 e. The van der Waals surface area contributed by atoms with E-state index in [9.17, 15) is 15.0 Å². The van der Waals surface area contributed by atoms with Crippen LogP contribution in [0.25, 0.3) is 0 Å². The van der Waals surface area contributed by atoms with Crippen molar-refractivity contribution in [1.29, 1.82) is 0 Å². The average molecular weight is 237 g/mol. The van der Waals surface area contributed by atoms with Crippen LogP contribution >= 0.6 is 0 Å². The maximum atomic E-state index is 10.7. The van der Waals surface area contributed by atoms with Crippen LogP contribution in [-0.2, 0) is 4.79 Å². The average Bonchev–Trinajstić information content (AvgIpc) is 2.14. The molecule has 0 aliphatic rings. The van der Waals surface area contributed by atoms with Crippen LogP contribution < -0.4 is 5.73 Å². The molecule has 1 aromatic carbocycles. The van der Waals surface area contributed by atoms with E-state index in [0.29, 0.717) is 5.56 Å². The molecule has 0 aromatic heterocycles. The first kappa shape index (κ1) is 13.7. The highest BCUT2D eigenvalue weighted by atomic mass is 16.3. The first-order chi connectivity index (χ1) is 7.82. The van der Waals surface area contributed by atoms with Crippen LogP contribution in [-0.4, -0.2) is 22.2 Å². The number of amides is 1. The van der Waals surface area contributed by atoms with Crippen molar-refractivity contribution in [2.75, 3.05) is 0 Å². The molecule has 94 valence electrons. The van der Waals surface area contributed by atoms with Crippen LogP contribution in [0.5, 0.6) is 0 Å². The molecule has 2 unspecified atom stereocenters. The number of rotatable bonds is 4. The van der Waals surface area contributed by atoms with Gasteiger partial charge in [-0.25, -0.2) is 0 Å². The summed E-state index contributed by atoms with van der Waals surface area (Å²) in [5.74, 6) is -0.626. The summed E-state index contributed by atoms with van der Waals surface area (Å²) in [4.78, 5) is 10.7. The molecule has 4 N–H and O–H groups in total. The number of aliphatic hydroxyl groups excluding tert-OH is 2. The second-order valence-corrected chi connectivity index (χ2v) is 4.50. The van der Waals surface area contributed by atoms with Gasteiger partial charge in [-0.2, -0.15) is 0 Å². The zero-order valence-electron chi connectivity index (χ0n) is 10.4. The quantitative estimate of drug-likeness (QED) is 0.727. The van der Waals surface area contributed by atoms with E-state index in [4.69, 9.17) is 5.73 Å². The number of hydrogen-bond acceptors (Lipinski definition) is 3. The third kappa shape index (κ3) is 3.28. The normalized spacial score (nSPS) is 14.4. The highest BCUT2D eigenvalue weighted by Crippen LogP contribution is 2.26. The number of carbonyl (C=O) groups excluding carboxylic acids is 1. The van der Waals surface area contributed by atoms with Crippen LogP contribution in [0.4, 0.5) is 0 Å². The molecular formula is C13H19NO3. The Balaban J connectivity index is 3.03. The molecule has 2 atom stereocenters. The van der Waals surface area contributed by atoms with Gasteiger partial charge in [0.2, 0.25) is 5.91 Å². The number of hydrogen-bond donors (Lipinski definition) is 3. The van der Waals surface area contributed by atoms with Gasteiger partial charge in [-0.15, -0.1) is 0 Å². The van der Waals surface area contributed by atoms with Gasteiger partial charge >= 0.3 is 0 Å². The number of benzene rings is 1. The molecular weight excluding hydrogens is 218 g/mol. The summed E-state index contributed by atoms with van der Waals surface area (Å²) >= 11 is 0. The largest absolute Gasteiger partial charge is 0.390 e. The van der Waals surface area contributed by atoms with E-state index in [1.807, 2.05) is 32.9 Å². The smallest absolute Gasteiger partial charge is 0.220 e. The third-order valence-corrected chi connectivity index (χ3v) is 2.81. The SMILES string of the molecule is Cc1cc(C)c(C(O)C(O)CC(N)=O)c(C)c1. The molecule has 0 fully saturated rings. The topological polar surface area (TPSA) is 83.6 Å². The summed E-state index contributed by atoms with van der Waals surface area (Å²) in [5, 5.41) is 19.7. The van der Waals surface area contributed by atoms with Crippen LogP contribution in [0, 0.1) is 20.8 Å². The van der Waals surface area contributed by atoms with E-state index in [2.05, 4.69) is 0 Å². The number of primary amides is 1. The maximum Gasteiger partial charge on any atom is 0.220 e. The second kappa shape index (κ2) is 5.29. The molecule has 0 bridgehead atoms. The van der Waals surface area contributed by atoms with Gasteiger partial charge in [0.1, 0.15) is 6.10 Å². The first-order valence-corrected chi connectivity index (χ1v) is 5.55. The molecule has 4 heteroatoms. The molecule has 0 aliphatic heterocycles. The van der Waals surface area contributed by atoms with Gasteiger partial charge in [0.15, 0.2) is 0 Å². The van der Waals surface area contributed by atoms with Gasteiger partial charge in [-0.05, 0) is 37.5 Å². The lowest BCUT2D eigenvalue weighted by Gasteiger charge is -2.21. The van der Waals surface area contributed by atoms with E-state index in [0.717, 1.165) is 16.7 Å². The summed E-state index contributed by atoms with van der Waals surface area (Å²) in [5.41, 5.74) is 8.57. The van der Waals surface area contributed by atoms with Gasteiger partial charge < -0.3 is 15.9 Å². The van der Waals surface area contributed by atoms with Crippen molar-refractivity contribution in [1.82, 2.24) is 0 Å². The Bertz CT molecular complexity index is 406. The summed E-state index contributed by atoms with van der Waals surface area (Å²) in [7, 11) is 0. The minimum atomic E-state index is -1.16. The number of aryl methyl sites for hydroxylation is 3. The molecule has 0 radical (unpaired) electrons. The lowest BCUT2D eigenvalue weighted by atomic mass is 9.92. The summed E-state index contributed by atoms with van der Waals surface area (Å²) in [6, 6.07) is 3.87. The Morgan fingerprint density at radius 2 is 1.71 bits per heavy atom. The van der Waals surface area contributed by atoms with Crippen LogP contribution in [0.15, 0.2) is 12.1 Å². The number of carbonyl (C=O) groups is 1. The number of nitrogens with two attached hydrogens (primary N) is 1. The Morgan fingerprint density at radius 3 is 2.12 bits per heavy atom. The van der Waals surface area contributed by atoms with Crippen LogP contribution in [0.3, 0.4) is 0 Å². The molecule has 0 saturated heterocycles. The lowest BCUT2D eigenvalue weighted by molar-refractivity contribution is -0.121. The highest BCUT2D eigenvalue weighted by molar-refractivity contribution is 5.74. The highest BCUT2D eigenvalue weighted by Gasteiger charge is 2.23. The van der Waals surface area contributed by atoms with Gasteiger partial charge in [0, 0.05) is 0 Å². The third-order valence-electron chi connectivity index (χ3n) is 2.81. The van der Waals surface area contributed by atoms with E-state index in [1.54, 1.807) is 0 Å². The second-order valence-electron chi connectivity index (χ2n) is 4.50. The summed E-state index contributed by atoms with van der Waals surface area (Å²) in [6.07, 6.45) is -2.48. The Morgan fingerprint density at radius 1 is 1.24 bits per heavy atom. The lowest BCUT2D eigenvalue weighted by Crippen LogP contribution is -2.26. The van der Waals surface area contributed by atoms with Crippen molar-refractivity contribution in [3.8, 4) is 0 Å². The zero-order valence-corrected chi connectivity index (χ0v) is 10.4. The Labute approximate surface area is 101 Å². The molecule has 4 nitrogen and oxygen atoms in total. The van der Waals surface area contributed by atoms with E-state index in [1.165, 1.54) is 0 Å². The Hall–Kier alpha value is -1.39. The van der Waals surface area contributed by atoms with Gasteiger partial charge in [0.05, 0.1) is 12.5 Å². The van der Waals surface area contributed by atoms with Crippen molar-refractivity contribution in [3.63, 3.8) is 0 Å². The van der Waals surface area contributed by atoms with Gasteiger partial charge in [-0.3, -0.25) is 4.79 Å². The fraction of sp³-hybridized carbons (Fsp3) is 0.462. The molecule has 1 aromatic rings.